The number of carbonyl (C=O) groups is 1. The molecule has 1 amide bonds. The monoisotopic (exact) mass is 341 g/mol. The van der Waals surface area contributed by atoms with Crippen LogP contribution in [0.25, 0.3) is 5.69 Å². The lowest BCUT2D eigenvalue weighted by atomic mass is 10.1. The van der Waals surface area contributed by atoms with Gasteiger partial charge in [0.05, 0.1) is 16.9 Å². The Labute approximate surface area is 137 Å². The minimum absolute atomic E-state index is 0.0164. The van der Waals surface area contributed by atoms with E-state index in [0.717, 1.165) is 17.5 Å². The van der Waals surface area contributed by atoms with Crippen molar-refractivity contribution in [1.82, 2.24) is 15.1 Å². The van der Waals surface area contributed by atoms with Crippen molar-refractivity contribution in [2.75, 3.05) is 13.7 Å². The van der Waals surface area contributed by atoms with Gasteiger partial charge in [-0.3, -0.25) is 4.79 Å². The Bertz CT molecular complexity index is 739. The second-order valence-corrected chi connectivity index (χ2v) is 5.39. The normalized spacial score (nSPS) is 11.6. The number of alkyl halides is 3. The molecule has 0 aliphatic carbocycles. The van der Waals surface area contributed by atoms with Crippen molar-refractivity contribution in [3.63, 3.8) is 0 Å². The molecule has 0 saturated carbocycles. The summed E-state index contributed by atoms with van der Waals surface area (Å²) in [5.74, 6) is -0.478. The van der Waals surface area contributed by atoms with Crippen LogP contribution in [0.15, 0.2) is 24.3 Å². The van der Waals surface area contributed by atoms with Crippen LogP contribution in [0.2, 0.25) is 0 Å². The number of nitrogens with one attached hydrogen (secondary N) is 1. The zero-order valence-corrected chi connectivity index (χ0v) is 13.6. The third kappa shape index (κ3) is 4.14. The molecule has 2 aromatic rings. The van der Waals surface area contributed by atoms with Crippen molar-refractivity contribution in [3.05, 3.63) is 46.8 Å². The molecule has 5 nitrogen and oxygen atoms in total. The van der Waals surface area contributed by atoms with Gasteiger partial charge in [0.2, 0.25) is 5.91 Å². The first kappa shape index (κ1) is 18.0. The number of halogens is 3. The zero-order valence-electron chi connectivity index (χ0n) is 13.6. The van der Waals surface area contributed by atoms with Crippen LogP contribution in [0.5, 0.6) is 0 Å². The first-order chi connectivity index (χ1) is 11.2. The molecule has 0 unspecified atom stereocenters. The molecule has 0 saturated heterocycles. The molecule has 24 heavy (non-hydrogen) atoms. The van der Waals surface area contributed by atoms with E-state index in [4.69, 9.17) is 0 Å². The summed E-state index contributed by atoms with van der Waals surface area (Å²) in [5, 5.41) is 6.60. The number of nitrogens with zero attached hydrogens (tertiary/aromatic N) is 2. The molecular weight excluding hydrogens is 323 g/mol. The number of benzene rings is 1. The molecule has 0 spiro atoms. The van der Waals surface area contributed by atoms with E-state index in [-0.39, 0.29) is 18.7 Å². The van der Waals surface area contributed by atoms with E-state index in [1.807, 2.05) is 0 Å². The second kappa shape index (κ2) is 7.04. The van der Waals surface area contributed by atoms with E-state index in [1.165, 1.54) is 17.9 Å². The maximum absolute atomic E-state index is 13.4. The molecule has 1 aromatic heterocycles. The van der Waals surface area contributed by atoms with Crippen LogP contribution in [-0.2, 0) is 22.3 Å². The molecule has 1 heterocycles. The quantitative estimate of drug-likeness (QED) is 0.910. The van der Waals surface area contributed by atoms with Crippen molar-refractivity contribution in [2.45, 2.75) is 26.6 Å². The van der Waals surface area contributed by atoms with Gasteiger partial charge in [-0.1, -0.05) is 6.07 Å². The number of methoxy groups -OCH3 is 1. The van der Waals surface area contributed by atoms with Crippen LogP contribution in [0.4, 0.5) is 13.2 Å². The molecule has 0 radical (unpaired) electrons. The Morgan fingerprint density at radius 2 is 2.00 bits per heavy atom. The Morgan fingerprint density at radius 3 is 2.54 bits per heavy atom. The molecular formula is C16H18F3N3O2. The summed E-state index contributed by atoms with van der Waals surface area (Å²) >= 11 is 0. The number of ether oxygens (including phenoxy) is 1. The van der Waals surface area contributed by atoms with E-state index in [1.54, 1.807) is 26.0 Å². The molecule has 130 valence electrons. The van der Waals surface area contributed by atoms with Gasteiger partial charge in [0.15, 0.2) is 0 Å². The highest BCUT2D eigenvalue weighted by Crippen LogP contribution is 2.33. The van der Waals surface area contributed by atoms with E-state index >= 15 is 0 Å². The van der Waals surface area contributed by atoms with Gasteiger partial charge >= 0.3 is 6.18 Å². The van der Waals surface area contributed by atoms with Crippen LogP contribution in [0, 0.1) is 13.8 Å². The highest BCUT2D eigenvalue weighted by molar-refractivity contribution is 5.77. The number of aryl methyl sites for hydroxylation is 2. The summed E-state index contributed by atoms with van der Waals surface area (Å²) in [6.45, 7) is 3.11. The van der Waals surface area contributed by atoms with Crippen LogP contribution in [0.3, 0.4) is 0 Å². The van der Waals surface area contributed by atoms with Crippen molar-refractivity contribution in [1.29, 1.82) is 0 Å². The van der Waals surface area contributed by atoms with Gasteiger partial charge in [-0.2, -0.15) is 18.3 Å². The lowest BCUT2D eigenvalue weighted by molar-refractivity contribution is -0.138. The molecule has 2 rings (SSSR count). The smallest absolute Gasteiger partial charge is 0.375 e. The van der Waals surface area contributed by atoms with Gasteiger partial charge in [-0.05, 0) is 37.6 Å². The number of hydrogen-bond donors (Lipinski definition) is 1. The van der Waals surface area contributed by atoms with Gasteiger partial charge < -0.3 is 10.1 Å². The number of aromatic nitrogens is 2. The summed E-state index contributed by atoms with van der Waals surface area (Å²) in [6.07, 6.45) is -4.53. The number of amides is 1. The molecule has 0 aliphatic heterocycles. The van der Waals surface area contributed by atoms with E-state index in [9.17, 15) is 18.0 Å². The van der Waals surface area contributed by atoms with Gasteiger partial charge in [0.1, 0.15) is 6.61 Å². The van der Waals surface area contributed by atoms with Crippen LogP contribution in [0.1, 0.15) is 22.5 Å². The molecule has 1 aromatic carbocycles. The van der Waals surface area contributed by atoms with Gasteiger partial charge in [0.25, 0.3) is 0 Å². The van der Waals surface area contributed by atoms with Gasteiger partial charge in [-0.25, -0.2) is 4.68 Å². The average Bonchev–Trinajstić information content (AvgIpc) is 2.83. The SMILES string of the molecule is COCC(=O)NCc1ccc(-n2nc(C)cc2C)cc1C(F)(F)F. The van der Waals surface area contributed by atoms with E-state index in [0.29, 0.717) is 5.69 Å². The van der Waals surface area contributed by atoms with Crippen molar-refractivity contribution in [2.24, 2.45) is 0 Å². The first-order valence-corrected chi connectivity index (χ1v) is 7.21. The molecule has 0 atom stereocenters. The lowest BCUT2D eigenvalue weighted by Crippen LogP contribution is -2.27. The lowest BCUT2D eigenvalue weighted by Gasteiger charge is -2.16. The molecule has 8 heteroatoms. The highest BCUT2D eigenvalue weighted by Gasteiger charge is 2.33. The topological polar surface area (TPSA) is 56.1 Å². The summed E-state index contributed by atoms with van der Waals surface area (Å²) in [6, 6.07) is 5.72. The zero-order chi connectivity index (χ0) is 17.9. The number of rotatable bonds is 5. The Balaban J connectivity index is 2.36. The third-order valence-corrected chi connectivity index (χ3v) is 3.40. The minimum atomic E-state index is -4.53. The van der Waals surface area contributed by atoms with Crippen molar-refractivity contribution < 1.29 is 22.7 Å². The van der Waals surface area contributed by atoms with Crippen LogP contribution in [-0.4, -0.2) is 29.4 Å². The third-order valence-electron chi connectivity index (χ3n) is 3.40. The second-order valence-electron chi connectivity index (χ2n) is 5.39. The van der Waals surface area contributed by atoms with Crippen LogP contribution < -0.4 is 5.32 Å². The summed E-state index contributed by atoms with van der Waals surface area (Å²) in [4.78, 5) is 11.4. The van der Waals surface area contributed by atoms with E-state index < -0.39 is 17.6 Å². The Hall–Kier alpha value is -2.35. The minimum Gasteiger partial charge on any atom is -0.375 e. The predicted octanol–water partition coefficient (Wildman–Crippen LogP) is 2.77. The summed E-state index contributed by atoms with van der Waals surface area (Å²) < 4.78 is 46.2. The summed E-state index contributed by atoms with van der Waals surface area (Å²) in [7, 11) is 1.34. The van der Waals surface area contributed by atoms with Crippen LogP contribution >= 0.6 is 0 Å². The fraction of sp³-hybridized carbons (Fsp3) is 0.375. The van der Waals surface area contributed by atoms with Gasteiger partial charge in [0, 0.05) is 19.3 Å². The fourth-order valence-corrected chi connectivity index (χ4v) is 2.38. The van der Waals surface area contributed by atoms with Gasteiger partial charge in [-0.15, -0.1) is 0 Å². The Kier molecular flexibility index (Phi) is 5.28. The number of hydrogen-bond acceptors (Lipinski definition) is 3. The molecule has 0 aliphatic rings. The summed E-state index contributed by atoms with van der Waals surface area (Å²) in [5.41, 5.74) is 0.959. The maximum atomic E-state index is 13.4. The first-order valence-electron chi connectivity index (χ1n) is 7.21. The molecule has 0 bridgehead atoms. The largest absolute Gasteiger partial charge is 0.416 e. The average molecular weight is 341 g/mol. The fourth-order valence-electron chi connectivity index (χ4n) is 2.38. The van der Waals surface area contributed by atoms with Crippen molar-refractivity contribution in [3.8, 4) is 5.69 Å². The molecule has 1 N–H and O–H groups in total. The molecule has 0 fully saturated rings. The Morgan fingerprint density at radius 1 is 1.29 bits per heavy atom. The maximum Gasteiger partial charge on any atom is 0.416 e. The van der Waals surface area contributed by atoms with Crippen molar-refractivity contribution >= 4 is 5.91 Å². The van der Waals surface area contributed by atoms with E-state index in [2.05, 4.69) is 15.2 Å². The predicted molar refractivity (Wildman–Crippen MR) is 81.8 cm³/mol. The highest BCUT2D eigenvalue weighted by atomic mass is 19.4. The number of carbonyl (C=O) groups excluding carboxylic acids is 1. The standard InChI is InChI=1S/C16H18F3N3O2/c1-10-6-11(2)22(21-10)13-5-4-12(8-20-15(23)9-24-3)14(7-13)16(17,18)19/h4-7H,8-9H2,1-3H3,(H,20,23).